The van der Waals surface area contributed by atoms with Crippen molar-refractivity contribution in [2.45, 2.75) is 25.7 Å². The van der Waals surface area contributed by atoms with E-state index in [1.165, 1.54) is 0 Å². The van der Waals surface area contributed by atoms with Gasteiger partial charge in [0.2, 0.25) is 6.29 Å². The minimum absolute atomic E-state index is 0.592. The highest BCUT2D eigenvalue weighted by atomic mass is 16.7. The van der Waals surface area contributed by atoms with Crippen LogP contribution >= 0.6 is 0 Å². The molecule has 0 aromatic heterocycles. The molecule has 3 heteroatoms. The number of benzene rings is 1. The molecule has 70 valence electrons. The molecule has 2 rings (SSSR count). The van der Waals surface area contributed by atoms with Crippen molar-refractivity contribution in [1.29, 1.82) is 0 Å². The molecule has 1 atom stereocenters. The standard InChI is InChI=1S/C10H12O3/c1-10(2)9(11)12-7-5-3-4-6-8(7)13-10/h3-6,9,11H,1-2H3/t9-/m1/s1. The first-order valence-electron chi connectivity index (χ1n) is 4.22. The van der Waals surface area contributed by atoms with Crippen LogP contribution in [0.3, 0.4) is 0 Å². The van der Waals surface area contributed by atoms with Gasteiger partial charge in [-0.1, -0.05) is 12.1 Å². The first kappa shape index (κ1) is 8.38. The van der Waals surface area contributed by atoms with Crippen molar-refractivity contribution >= 4 is 0 Å². The van der Waals surface area contributed by atoms with E-state index in [1.807, 2.05) is 18.2 Å². The van der Waals surface area contributed by atoms with Gasteiger partial charge in [-0.2, -0.15) is 0 Å². The Balaban J connectivity index is 2.39. The molecule has 13 heavy (non-hydrogen) atoms. The highest BCUT2D eigenvalue weighted by Crippen LogP contribution is 2.36. The van der Waals surface area contributed by atoms with Gasteiger partial charge in [-0.05, 0) is 26.0 Å². The molecular weight excluding hydrogens is 168 g/mol. The molecule has 0 unspecified atom stereocenters. The van der Waals surface area contributed by atoms with Crippen molar-refractivity contribution in [2.24, 2.45) is 0 Å². The Morgan fingerprint density at radius 1 is 1.23 bits per heavy atom. The van der Waals surface area contributed by atoms with E-state index in [0.717, 1.165) is 0 Å². The summed E-state index contributed by atoms with van der Waals surface area (Å²) >= 11 is 0. The van der Waals surface area contributed by atoms with Crippen molar-refractivity contribution in [1.82, 2.24) is 0 Å². The van der Waals surface area contributed by atoms with Gasteiger partial charge in [-0.3, -0.25) is 0 Å². The molecule has 0 saturated carbocycles. The second-order valence-corrected chi connectivity index (χ2v) is 3.62. The van der Waals surface area contributed by atoms with Gasteiger partial charge in [0.25, 0.3) is 0 Å². The lowest BCUT2D eigenvalue weighted by Crippen LogP contribution is -2.48. The summed E-state index contributed by atoms with van der Waals surface area (Å²) < 4.78 is 10.8. The van der Waals surface area contributed by atoms with Gasteiger partial charge >= 0.3 is 0 Å². The largest absolute Gasteiger partial charge is 0.477 e. The maximum Gasteiger partial charge on any atom is 0.237 e. The Morgan fingerprint density at radius 3 is 2.54 bits per heavy atom. The lowest BCUT2D eigenvalue weighted by atomic mass is 10.1. The maximum absolute atomic E-state index is 9.54. The molecule has 0 radical (unpaired) electrons. The number of hydrogen-bond donors (Lipinski definition) is 1. The maximum atomic E-state index is 9.54. The van der Waals surface area contributed by atoms with Crippen LogP contribution in [0.5, 0.6) is 11.5 Å². The third kappa shape index (κ3) is 1.35. The Kier molecular flexibility index (Phi) is 1.70. The number of rotatable bonds is 0. The minimum Gasteiger partial charge on any atom is -0.477 e. The smallest absolute Gasteiger partial charge is 0.237 e. The van der Waals surface area contributed by atoms with Gasteiger partial charge in [-0.15, -0.1) is 0 Å². The van der Waals surface area contributed by atoms with Crippen LogP contribution in [0.15, 0.2) is 24.3 Å². The van der Waals surface area contributed by atoms with Crippen molar-refractivity contribution < 1.29 is 14.6 Å². The van der Waals surface area contributed by atoms with Crippen LogP contribution in [-0.2, 0) is 0 Å². The summed E-state index contributed by atoms with van der Waals surface area (Å²) in [5.41, 5.74) is -0.686. The van der Waals surface area contributed by atoms with Crippen LogP contribution in [0.2, 0.25) is 0 Å². The monoisotopic (exact) mass is 180 g/mol. The molecule has 0 aliphatic carbocycles. The normalized spacial score (nSPS) is 24.1. The molecule has 0 bridgehead atoms. The zero-order valence-electron chi connectivity index (χ0n) is 7.65. The van der Waals surface area contributed by atoms with Crippen molar-refractivity contribution in [3.8, 4) is 11.5 Å². The summed E-state index contributed by atoms with van der Waals surface area (Å²) in [6, 6.07) is 7.31. The molecule has 1 aromatic carbocycles. The van der Waals surface area contributed by atoms with Crippen molar-refractivity contribution in [2.75, 3.05) is 0 Å². The topological polar surface area (TPSA) is 38.7 Å². The molecule has 1 heterocycles. The number of aliphatic hydroxyl groups excluding tert-OH is 1. The predicted octanol–water partition coefficient (Wildman–Crippen LogP) is 1.55. The molecule has 0 spiro atoms. The summed E-state index contributed by atoms with van der Waals surface area (Å²) in [4.78, 5) is 0. The van der Waals surface area contributed by atoms with Crippen LogP contribution in [-0.4, -0.2) is 17.0 Å². The predicted molar refractivity (Wildman–Crippen MR) is 47.8 cm³/mol. The average Bonchev–Trinajstić information content (AvgIpc) is 2.06. The van der Waals surface area contributed by atoms with Crippen LogP contribution in [0.25, 0.3) is 0 Å². The minimum atomic E-state index is -0.914. The second kappa shape index (κ2) is 2.64. The molecule has 1 aliphatic rings. The SMILES string of the molecule is CC1(C)Oc2ccccc2O[C@H]1O. The van der Waals surface area contributed by atoms with Gasteiger partial charge in [0.15, 0.2) is 17.1 Å². The third-order valence-electron chi connectivity index (χ3n) is 2.06. The van der Waals surface area contributed by atoms with Crippen LogP contribution in [0.1, 0.15) is 13.8 Å². The molecule has 0 fully saturated rings. The fourth-order valence-corrected chi connectivity index (χ4v) is 1.23. The number of hydrogen-bond acceptors (Lipinski definition) is 3. The van der Waals surface area contributed by atoms with E-state index < -0.39 is 11.9 Å². The summed E-state index contributed by atoms with van der Waals surface area (Å²) in [7, 11) is 0. The molecule has 3 nitrogen and oxygen atoms in total. The van der Waals surface area contributed by atoms with Gasteiger partial charge < -0.3 is 14.6 Å². The Morgan fingerprint density at radius 2 is 1.85 bits per heavy atom. The van der Waals surface area contributed by atoms with Crippen molar-refractivity contribution in [3.63, 3.8) is 0 Å². The van der Waals surface area contributed by atoms with Crippen LogP contribution in [0.4, 0.5) is 0 Å². The fourth-order valence-electron chi connectivity index (χ4n) is 1.23. The van der Waals surface area contributed by atoms with E-state index in [-0.39, 0.29) is 0 Å². The summed E-state index contributed by atoms with van der Waals surface area (Å²) in [6.45, 7) is 3.57. The fraction of sp³-hybridized carbons (Fsp3) is 0.400. The Labute approximate surface area is 76.9 Å². The van der Waals surface area contributed by atoms with E-state index in [4.69, 9.17) is 9.47 Å². The van der Waals surface area contributed by atoms with Gasteiger partial charge in [0, 0.05) is 0 Å². The molecular formula is C10H12O3. The number of aliphatic hydroxyl groups is 1. The lowest BCUT2D eigenvalue weighted by Gasteiger charge is -2.36. The van der Waals surface area contributed by atoms with Crippen molar-refractivity contribution in [3.05, 3.63) is 24.3 Å². The quantitative estimate of drug-likeness (QED) is 0.658. The lowest BCUT2D eigenvalue weighted by molar-refractivity contribution is -0.157. The molecule has 0 saturated heterocycles. The highest BCUT2D eigenvalue weighted by molar-refractivity contribution is 5.41. The number of para-hydroxylation sites is 2. The summed E-state index contributed by atoms with van der Waals surface area (Å²) in [6.07, 6.45) is -0.914. The van der Waals surface area contributed by atoms with Gasteiger partial charge in [-0.25, -0.2) is 0 Å². The van der Waals surface area contributed by atoms with E-state index >= 15 is 0 Å². The number of ether oxygens (including phenoxy) is 2. The molecule has 1 N–H and O–H groups in total. The van der Waals surface area contributed by atoms with E-state index in [9.17, 15) is 5.11 Å². The summed E-state index contributed by atoms with van der Waals surface area (Å²) in [5, 5.41) is 9.54. The first-order valence-corrected chi connectivity index (χ1v) is 4.22. The van der Waals surface area contributed by atoms with E-state index in [2.05, 4.69) is 0 Å². The zero-order chi connectivity index (χ0) is 9.47. The second-order valence-electron chi connectivity index (χ2n) is 3.62. The number of fused-ring (bicyclic) bond motifs is 1. The van der Waals surface area contributed by atoms with Crippen LogP contribution in [0, 0.1) is 0 Å². The molecule has 1 aromatic rings. The Bertz CT molecular complexity index is 320. The highest BCUT2D eigenvalue weighted by Gasteiger charge is 2.37. The van der Waals surface area contributed by atoms with Crippen LogP contribution < -0.4 is 9.47 Å². The summed E-state index contributed by atoms with van der Waals surface area (Å²) in [5.74, 6) is 1.27. The van der Waals surface area contributed by atoms with E-state index in [1.54, 1.807) is 19.9 Å². The average molecular weight is 180 g/mol. The first-order chi connectivity index (χ1) is 6.09. The molecule has 1 aliphatic heterocycles. The van der Waals surface area contributed by atoms with Gasteiger partial charge in [0.1, 0.15) is 0 Å². The third-order valence-corrected chi connectivity index (χ3v) is 2.06. The molecule has 0 amide bonds. The Hall–Kier alpha value is -1.22. The zero-order valence-corrected chi connectivity index (χ0v) is 7.65. The van der Waals surface area contributed by atoms with Gasteiger partial charge in [0.05, 0.1) is 0 Å². The van der Waals surface area contributed by atoms with E-state index in [0.29, 0.717) is 11.5 Å².